The van der Waals surface area contributed by atoms with Crippen molar-refractivity contribution in [1.82, 2.24) is 9.78 Å². The number of nitrogens with two attached hydrogens (primary N) is 1. The van der Waals surface area contributed by atoms with E-state index < -0.39 is 0 Å². The van der Waals surface area contributed by atoms with E-state index in [-0.39, 0.29) is 0 Å². The van der Waals surface area contributed by atoms with E-state index in [0.29, 0.717) is 29.7 Å². The van der Waals surface area contributed by atoms with E-state index >= 15 is 0 Å². The van der Waals surface area contributed by atoms with Crippen molar-refractivity contribution in [2.45, 2.75) is 20.4 Å². The summed E-state index contributed by atoms with van der Waals surface area (Å²) in [4.78, 5) is 4.39. The summed E-state index contributed by atoms with van der Waals surface area (Å²) in [7, 11) is 5.12. The van der Waals surface area contributed by atoms with Gasteiger partial charge < -0.3 is 20.5 Å². The highest BCUT2D eigenvalue weighted by molar-refractivity contribution is 5.94. The van der Waals surface area contributed by atoms with Crippen LogP contribution in [0.25, 0.3) is 0 Å². The van der Waals surface area contributed by atoms with Crippen LogP contribution in [0.3, 0.4) is 0 Å². The molecule has 3 N–H and O–H groups in total. The van der Waals surface area contributed by atoms with Crippen LogP contribution in [-0.2, 0) is 13.6 Å². The molecule has 0 aliphatic heterocycles. The molecule has 0 amide bonds. The molecule has 0 atom stereocenters. The molecule has 2 aromatic rings. The number of aryl methyl sites for hydroxylation is 2. The molecule has 0 aliphatic carbocycles. The van der Waals surface area contributed by atoms with E-state index in [2.05, 4.69) is 15.4 Å². The Morgan fingerprint density at radius 3 is 2.61 bits per heavy atom. The monoisotopic (exact) mass is 317 g/mol. The van der Waals surface area contributed by atoms with E-state index in [9.17, 15) is 0 Å². The lowest BCUT2D eigenvalue weighted by atomic mass is 10.2. The molecule has 124 valence electrons. The van der Waals surface area contributed by atoms with Gasteiger partial charge in [-0.2, -0.15) is 5.10 Å². The summed E-state index contributed by atoms with van der Waals surface area (Å²) in [5, 5.41) is 7.42. The van der Waals surface area contributed by atoms with E-state index in [1.807, 2.05) is 43.8 Å². The number of guanidine groups is 1. The van der Waals surface area contributed by atoms with Crippen molar-refractivity contribution >= 4 is 11.6 Å². The molecule has 0 bridgehead atoms. The maximum Gasteiger partial charge on any atom is 0.193 e. The molecule has 0 spiro atoms. The van der Waals surface area contributed by atoms with Gasteiger partial charge in [0.25, 0.3) is 0 Å². The molecule has 0 fully saturated rings. The zero-order valence-electron chi connectivity index (χ0n) is 14.2. The molecule has 7 nitrogen and oxygen atoms in total. The predicted molar refractivity (Wildman–Crippen MR) is 91.2 cm³/mol. The molecule has 1 heterocycles. The topological polar surface area (TPSA) is 86.7 Å². The minimum absolute atomic E-state index is 0.305. The average Bonchev–Trinajstić information content (AvgIpc) is 2.78. The molecule has 0 aliphatic rings. The van der Waals surface area contributed by atoms with Gasteiger partial charge in [-0.3, -0.25) is 4.68 Å². The summed E-state index contributed by atoms with van der Waals surface area (Å²) in [5.74, 6) is 1.68. The highest BCUT2D eigenvalue weighted by Gasteiger charge is 2.09. The number of benzene rings is 1. The summed E-state index contributed by atoms with van der Waals surface area (Å²) in [6.07, 6.45) is 0. The third-order valence-corrected chi connectivity index (χ3v) is 3.74. The molecule has 1 aromatic carbocycles. The van der Waals surface area contributed by atoms with Crippen molar-refractivity contribution in [2.24, 2.45) is 17.8 Å². The molecular formula is C16H23N5O2. The first-order chi connectivity index (χ1) is 11.0. The highest BCUT2D eigenvalue weighted by Crippen LogP contribution is 2.28. The lowest BCUT2D eigenvalue weighted by Crippen LogP contribution is -2.23. The number of hydrogen-bond donors (Lipinski definition) is 2. The SMILES string of the molecule is COc1ccc(OC)c(NC(N)=NCc2c(C)nn(C)c2C)c1. The van der Waals surface area contributed by atoms with Gasteiger partial charge in [0.1, 0.15) is 11.5 Å². The third kappa shape index (κ3) is 3.74. The summed E-state index contributed by atoms with van der Waals surface area (Å²) < 4.78 is 12.4. The maximum absolute atomic E-state index is 5.99. The molecule has 0 saturated heterocycles. The molecular weight excluding hydrogens is 294 g/mol. The van der Waals surface area contributed by atoms with E-state index in [0.717, 1.165) is 17.0 Å². The lowest BCUT2D eigenvalue weighted by molar-refractivity contribution is 0.405. The highest BCUT2D eigenvalue weighted by atomic mass is 16.5. The first-order valence-electron chi connectivity index (χ1n) is 7.24. The normalized spacial score (nSPS) is 11.4. The van der Waals surface area contributed by atoms with Gasteiger partial charge in [0.2, 0.25) is 0 Å². The zero-order valence-corrected chi connectivity index (χ0v) is 14.2. The van der Waals surface area contributed by atoms with Crippen LogP contribution in [0, 0.1) is 13.8 Å². The quantitative estimate of drug-likeness (QED) is 0.650. The van der Waals surface area contributed by atoms with Gasteiger partial charge in [-0.1, -0.05) is 0 Å². The van der Waals surface area contributed by atoms with Crippen LogP contribution >= 0.6 is 0 Å². The number of nitrogens with zero attached hydrogens (tertiary/aromatic N) is 3. The molecule has 23 heavy (non-hydrogen) atoms. The number of aromatic nitrogens is 2. The van der Waals surface area contributed by atoms with Crippen LogP contribution in [0.1, 0.15) is 17.0 Å². The number of methoxy groups -OCH3 is 2. The molecule has 0 radical (unpaired) electrons. The Morgan fingerprint density at radius 1 is 1.30 bits per heavy atom. The minimum atomic E-state index is 0.305. The minimum Gasteiger partial charge on any atom is -0.497 e. The number of ether oxygens (including phenoxy) is 2. The predicted octanol–water partition coefficient (Wildman–Crippen LogP) is 1.98. The Bertz CT molecular complexity index is 722. The molecule has 0 saturated carbocycles. The fraction of sp³-hybridized carbons (Fsp3) is 0.375. The van der Waals surface area contributed by atoms with E-state index in [1.165, 1.54) is 0 Å². The first kappa shape index (κ1) is 16.7. The first-order valence-corrected chi connectivity index (χ1v) is 7.24. The van der Waals surface area contributed by atoms with E-state index in [4.69, 9.17) is 15.2 Å². The fourth-order valence-electron chi connectivity index (χ4n) is 2.30. The van der Waals surface area contributed by atoms with Gasteiger partial charge in [-0.15, -0.1) is 0 Å². The Hall–Kier alpha value is -2.70. The van der Waals surface area contributed by atoms with Crippen LogP contribution in [0.5, 0.6) is 11.5 Å². The van der Waals surface area contributed by atoms with E-state index in [1.54, 1.807) is 14.2 Å². The van der Waals surface area contributed by atoms with Gasteiger partial charge in [0.15, 0.2) is 5.96 Å². The van der Waals surface area contributed by atoms with Crippen molar-refractivity contribution in [3.05, 3.63) is 35.2 Å². The van der Waals surface area contributed by atoms with Gasteiger partial charge in [-0.05, 0) is 26.0 Å². The van der Waals surface area contributed by atoms with Gasteiger partial charge >= 0.3 is 0 Å². The molecule has 1 aromatic heterocycles. The van der Waals surface area contributed by atoms with Gasteiger partial charge in [-0.25, -0.2) is 4.99 Å². The largest absolute Gasteiger partial charge is 0.497 e. The number of anilines is 1. The van der Waals surface area contributed by atoms with Crippen LogP contribution in [0.15, 0.2) is 23.2 Å². The summed E-state index contributed by atoms with van der Waals surface area (Å²) in [5.41, 5.74) is 9.81. The Kier molecular flexibility index (Phi) is 5.10. The molecule has 2 rings (SSSR count). The maximum atomic E-state index is 5.99. The Labute approximate surface area is 136 Å². The van der Waals surface area contributed by atoms with Crippen LogP contribution in [0.4, 0.5) is 5.69 Å². The number of nitrogens with one attached hydrogen (secondary N) is 1. The summed E-state index contributed by atoms with van der Waals surface area (Å²) in [6.45, 7) is 4.45. The number of aliphatic imine (C=N–C) groups is 1. The number of hydrogen-bond acceptors (Lipinski definition) is 4. The lowest BCUT2D eigenvalue weighted by Gasteiger charge is -2.12. The second-order valence-corrected chi connectivity index (χ2v) is 5.17. The standard InChI is InChI=1S/C16H23N5O2/c1-10-13(11(2)21(3)20-10)9-18-16(17)19-14-8-12(22-4)6-7-15(14)23-5/h6-8H,9H2,1-5H3,(H3,17,18,19). The fourth-order valence-corrected chi connectivity index (χ4v) is 2.30. The molecule has 7 heteroatoms. The third-order valence-electron chi connectivity index (χ3n) is 3.74. The van der Waals surface area contributed by atoms with Crippen molar-refractivity contribution < 1.29 is 9.47 Å². The zero-order chi connectivity index (χ0) is 17.0. The van der Waals surface area contributed by atoms with Crippen molar-refractivity contribution in [2.75, 3.05) is 19.5 Å². The molecule has 0 unspecified atom stereocenters. The van der Waals surface area contributed by atoms with Crippen LogP contribution < -0.4 is 20.5 Å². The average molecular weight is 317 g/mol. The van der Waals surface area contributed by atoms with Crippen LogP contribution in [0.2, 0.25) is 0 Å². The summed E-state index contributed by atoms with van der Waals surface area (Å²) >= 11 is 0. The van der Waals surface area contributed by atoms with Gasteiger partial charge in [0.05, 0.1) is 32.1 Å². The van der Waals surface area contributed by atoms with Crippen molar-refractivity contribution in [3.63, 3.8) is 0 Å². The van der Waals surface area contributed by atoms with Crippen molar-refractivity contribution in [3.8, 4) is 11.5 Å². The smallest absolute Gasteiger partial charge is 0.193 e. The van der Waals surface area contributed by atoms with Crippen molar-refractivity contribution in [1.29, 1.82) is 0 Å². The number of rotatable bonds is 5. The Balaban J connectivity index is 2.16. The Morgan fingerprint density at radius 2 is 2.04 bits per heavy atom. The van der Waals surface area contributed by atoms with Crippen LogP contribution in [-0.4, -0.2) is 30.0 Å². The van der Waals surface area contributed by atoms with Gasteiger partial charge in [0, 0.05) is 24.4 Å². The second kappa shape index (κ2) is 7.04. The summed E-state index contributed by atoms with van der Waals surface area (Å²) in [6, 6.07) is 5.44. The second-order valence-electron chi connectivity index (χ2n) is 5.17.